The van der Waals surface area contributed by atoms with E-state index in [1.165, 1.54) is 0 Å². The molecule has 0 unspecified atom stereocenters. The third-order valence-corrected chi connectivity index (χ3v) is 5.60. The Morgan fingerprint density at radius 2 is 1.05 bits per heavy atom. The standard InChI is InChI=1S/C15H34O4Si/c1-5-10-16-14-9-15-20(17-11-6-2,18-12-7-3)19-13-8-4/h5-15H2,1-4H3. The summed E-state index contributed by atoms with van der Waals surface area (Å²) in [5, 5.41) is 0. The third-order valence-electron chi connectivity index (χ3n) is 2.70. The Kier molecular flexibility index (Phi) is 14.1. The molecule has 5 heteroatoms. The number of ether oxygens (including phenoxy) is 1. The Balaban J connectivity index is 4.34. The Hall–Kier alpha value is 0.0569. The fraction of sp³-hybridized carbons (Fsp3) is 1.00. The van der Waals surface area contributed by atoms with Crippen LogP contribution in [0.15, 0.2) is 0 Å². The predicted molar refractivity (Wildman–Crippen MR) is 85.0 cm³/mol. The van der Waals surface area contributed by atoms with Crippen molar-refractivity contribution in [2.75, 3.05) is 33.0 Å². The van der Waals surface area contributed by atoms with Gasteiger partial charge >= 0.3 is 8.80 Å². The van der Waals surface area contributed by atoms with Gasteiger partial charge in [-0.15, -0.1) is 0 Å². The van der Waals surface area contributed by atoms with E-state index in [1.807, 2.05) is 0 Å². The minimum absolute atomic E-state index is 0.718. The maximum absolute atomic E-state index is 6.03. The second kappa shape index (κ2) is 14.0. The maximum atomic E-state index is 6.03. The Labute approximate surface area is 126 Å². The molecular weight excluding hydrogens is 272 g/mol. The monoisotopic (exact) mass is 306 g/mol. The van der Waals surface area contributed by atoms with Crippen LogP contribution in [0.5, 0.6) is 0 Å². The molecule has 0 aliphatic carbocycles. The topological polar surface area (TPSA) is 36.9 Å². The molecule has 0 aromatic carbocycles. The maximum Gasteiger partial charge on any atom is 0.501 e. The van der Waals surface area contributed by atoms with Crippen LogP contribution in [0, 0.1) is 0 Å². The fourth-order valence-electron chi connectivity index (χ4n) is 1.75. The third kappa shape index (κ3) is 9.88. The Morgan fingerprint density at radius 1 is 0.600 bits per heavy atom. The molecule has 0 amide bonds. The van der Waals surface area contributed by atoms with Crippen molar-refractivity contribution < 1.29 is 18.0 Å². The molecule has 0 spiro atoms. The van der Waals surface area contributed by atoms with Crippen molar-refractivity contribution >= 4 is 8.80 Å². The van der Waals surface area contributed by atoms with Crippen LogP contribution in [-0.2, 0) is 18.0 Å². The van der Waals surface area contributed by atoms with Crippen molar-refractivity contribution in [1.82, 2.24) is 0 Å². The highest BCUT2D eigenvalue weighted by atomic mass is 28.4. The van der Waals surface area contributed by atoms with E-state index in [0.29, 0.717) is 0 Å². The largest absolute Gasteiger partial charge is 0.501 e. The zero-order valence-electron chi connectivity index (χ0n) is 13.9. The van der Waals surface area contributed by atoms with E-state index in [1.54, 1.807) is 0 Å². The zero-order chi connectivity index (χ0) is 15.1. The molecule has 122 valence electrons. The van der Waals surface area contributed by atoms with Crippen LogP contribution in [0.2, 0.25) is 6.04 Å². The quantitative estimate of drug-likeness (QED) is 0.338. The van der Waals surface area contributed by atoms with Crippen LogP contribution in [0.4, 0.5) is 0 Å². The van der Waals surface area contributed by atoms with Gasteiger partial charge in [-0.2, -0.15) is 0 Å². The normalized spacial score (nSPS) is 12.0. The van der Waals surface area contributed by atoms with Gasteiger partial charge in [0.1, 0.15) is 0 Å². The lowest BCUT2D eigenvalue weighted by Crippen LogP contribution is -2.46. The van der Waals surface area contributed by atoms with Gasteiger partial charge in [-0.1, -0.05) is 27.7 Å². The first-order valence-corrected chi connectivity index (χ1v) is 10.2. The summed E-state index contributed by atoms with van der Waals surface area (Å²) in [6.07, 6.45) is 4.99. The molecule has 0 N–H and O–H groups in total. The van der Waals surface area contributed by atoms with Crippen LogP contribution < -0.4 is 0 Å². The van der Waals surface area contributed by atoms with Crippen molar-refractivity contribution in [1.29, 1.82) is 0 Å². The molecule has 0 aromatic rings. The van der Waals surface area contributed by atoms with Gasteiger partial charge in [0.2, 0.25) is 0 Å². The number of rotatable bonds is 15. The number of hydrogen-bond donors (Lipinski definition) is 0. The highest BCUT2D eigenvalue weighted by molar-refractivity contribution is 6.60. The molecule has 0 saturated carbocycles. The first kappa shape index (κ1) is 20.1. The molecule has 0 rings (SSSR count). The van der Waals surface area contributed by atoms with Crippen LogP contribution in [-0.4, -0.2) is 41.8 Å². The molecule has 0 fully saturated rings. The van der Waals surface area contributed by atoms with Gasteiger partial charge in [0.05, 0.1) is 0 Å². The lowest BCUT2D eigenvalue weighted by molar-refractivity contribution is 0.0549. The van der Waals surface area contributed by atoms with E-state index in [9.17, 15) is 0 Å². The average molecular weight is 307 g/mol. The van der Waals surface area contributed by atoms with Gasteiger partial charge in [-0.25, -0.2) is 0 Å². The zero-order valence-corrected chi connectivity index (χ0v) is 14.9. The van der Waals surface area contributed by atoms with E-state index in [-0.39, 0.29) is 0 Å². The van der Waals surface area contributed by atoms with Crippen LogP contribution in [0.1, 0.15) is 59.8 Å². The first-order chi connectivity index (χ1) is 9.74. The van der Waals surface area contributed by atoms with E-state index < -0.39 is 8.80 Å². The smallest absolute Gasteiger partial charge is 0.381 e. The molecule has 4 nitrogen and oxygen atoms in total. The molecule has 0 aliphatic heterocycles. The van der Waals surface area contributed by atoms with E-state index in [4.69, 9.17) is 18.0 Å². The van der Waals surface area contributed by atoms with E-state index >= 15 is 0 Å². The summed E-state index contributed by atoms with van der Waals surface area (Å²) in [6, 6.07) is 0.858. The molecule has 0 heterocycles. The lowest BCUT2D eigenvalue weighted by Gasteiger charge is -2.29. The molecule has 0 aliphatic rings. The van der Waals surface area contributed by atoms with Crippen molar-refractivity contribution in [3.05, 3.63) is 0 Å². The predicted octanol–water partition coefficient (Wildman–Crippen LogP) is 4.02. The van der Waals surface area contributed by atoms with Gasteiger partial charge in [-0.3, -0.25) is 0 Å². The van der Waals surface area contributed by atoms with Crippen molar-refractivity contribution in [3.63, 3.8) is 0 Å². The van der Waals surface area contributed by atoms with E-state index in [2.05, 4.69) is 27.7 Å². The van der Waals surface area contributed by atoms with Gasteiger partial charge in [0, 0.05) is 39.1 Å². The number of hydrogen-bond acceptors (Lipinski definition) is 4. The molecule has 0 saturated heterocycles. The van der Waals surface area contributed by atoms with Crippen LogP contribution in [0.25, 0.3) is 0 Å². The van der Waals surface area contributed by atoms with Gasteiger partial charge in [0.15, 0.2) is 0 Å². The van der Waals surface area contributed by atoms with Gasteiger partial charge < -0.3 is 18.0 Å². The van der Waals surface area contributed by atoms with E-state index in [0.717, 1.165) is 71.2 Å². The highest BCUT2D eigenvalue weighted by Crippen LogP contribution is 2.19. The molecule has 0 bridgehead atoms. The second-order valence-electron chi connectivity index (χ2n) is 4.94. The molecule has 20 heavy (non-hydrogen) atoms. The molecule has 0 radical (unpaired) electrons. The fourth-order valence-corrected chi connectivity index (χ4v) is 4.56. The van der Waals surface area contributed by atoms with Gasteiger partial charge in [-0.05, 0) is 32.1 Å². The molecule has 0 aromatic heterocycles. The lowest BCUT2D eigenvalue weighted by atomic mass is 10.5. The first-order valence-electron chi connectivity index (χ1n) is 8.24. The summed E-state index contributed by atoms with van der Waals surface area (Å²) >= 11 is 0. The highest BCUT2D eigenvalue weighted by Gasteiger charge is 2.40. The van der Waals surface area contributed by atoms with Crippen molar-refractivity contribution in [2.45, 2.75) is 65.8 Å². The minimum Gasteiger partial charge on any atom is -0.381 e. The minimum atomic E-state index is -2.50. The molecule has 0 atom stereocenters. The van der Waals surface area contributed by atoms with Crippen molar-refractivity contribution in [3.8, 4) is 0 Å². The summed E-state index contributed by atoms with van der Waals surface area (Å²) < 4.78 is 23.6. The Morgan fingerprint density at radius 3 is 1.45 bits per heavy atom. The van der Waals surface area contributed by atoms with Crippen LogP contribution >= 0.6 is 0 Å². The summed E-state index contributed by atoms with van der Waals surface area (Å²) in [5.74, 6) is 0. The summed E-state index contributed by atoms with van der Waals surface area (Å²) in [5.41, 5.74) is 0. The molecular formula is C15H34O4Si. The summed E-state index contributed by atoms with van der Waals surface area (Å²) in [6.45, 7) is 12.2. The Bertz CT molecular complexity index is 181. The summed E-state index contributed by atoms with van der Waals surface area (Å²) in [4.78, 5) is 0. The second-order valence-corrected chi connectivity index (χ2v) is 7.68. The average Bonchev–Trinajstić information content (AvgIpc) is 2.48. The van der Waals surface area contributed by atoms with Gasteiger partial charge in [0.25, 0.3) is 0 Å². The van der Waals surface area contributed by atoms with Crippen molar-refractivity contribution in [2.24, 2.45) is 0 Å². The SMILES string of the molecule is CCCOCCC[Si](OCCC)(OCCC)OCCC. The van der Waals surface area contributed by atoms with Crippen LogP contribution in [0.3, 0.4) is 0 Å². The summed E-state index contributed by atoms with van der Waals surface area (Å²) in [7, 11) is -2.50.